The van der Waals surface area contributed by atoms with Crippen LogP contribution in [-0.2, 0) is 23.3 Å². The minimum absolute atomic E-state index is 0. The first kappa shape index (κ1) is 29.4. The standard InChI is InChI=1S/2C12H7BrN.C2H6Si.2ClH.Zr/c2*13-10-1-2-11-9(6-10)5-8-3-4-14-7-12(8)11;1-3-2;;;/h2*1-7H;1-2H3;2*1H;/q2*-1;;;;+2/p-2. The monoisotopic (exact) mass is 706 g/mol. The second kappa shape index (κ2) is 13.4. The van der Waals surface area contributed by atoms with Crippen molar-refractivity contribution in [2.45, 2.75) is 13.1 Å². The zero-order chi connectivity index (χ0) is 22.7. The molecule has 0 fully saturated rings. The minimum atomic E-state index is 0. The van der Waals surface area contributed by atoms with E-state index in [1.54, 1.807) is 23.3 Å². The van der Waals surface area contributed by atoms with Gasteiger partial charge in [-0.1, -0.05) is 66.9 Å². The fourth-order valence-corrected chi connectivity index (χ4v) is 4.40. The van der Waals surface area contributed by atoms with Crippen LogP contribution in [0.1, 0.15) is 0 Å². The Hall–Kier alpha value is -0.880. The van der Waals surface area contributed by atoms with Crippen molar-refractivity contribution in [3.05, 3.63) is 94.4 Å². The molecule has 6 aromatic rings. The molecule has 0 saturated heterocycles. The second-order valence-corrected chi connectivity index (χ2v) is 18.9. The van der Waals surface area contributed by atoms with Gasteiger partial charge in [0, 0.05) is 0 Å². The summed E-state index contributed by atoms with van der Waals surface area (Å²) in [5.74, 6) is 0. The van der Waals surface area contributed by atoms with E-state index in [0.29, 0.717) is 0 Å². The fraction of sp³-hybridized carbons (Fsp3) is 0.0769. The second-order valence-electron chi connectivity index (χ2n) is 7.68. The summed E-state index contributed by atoms with van der Waals surface area (Å²) in [5.41, 5.74) is 0.210. The molecule has 4 aromatic carbocycles. The number of pyridine rings is 2. The Labute approximate surface area is 243 Å². The molecule has 0 unspecified atom stereocenters. The van der Waals surface area contributed by atoms with Crippen LogP contribution in [0.15, 0.2) is 94.4 Å². The summed E-state index contributed by atoms with van der Waals surface area (Å²) in [7, 11) is 0. The first-order valence-electron chi connectivity index (χ1n) is 10.1. The van der Waals surface area contributed by atoms with Gasteiger partial charge in [0.05, 0.1) is 0 Å². The molecule has 0 radical (unpaired) electrons. The number of hydrogen-bond donors (Lipinski definition) is 0. The van der Waals surface area contributed by atoms with Gasteiger partial charge in [-0.25, -0.2) is 0 Å². The summed E-state index contributed by atoms with van der Waals surface area (Å²) < 4.78 is 2.24. The maximum atomic E-state index is 4.15. The van der Waals surface area contributed by atoms with Gasteiger partial charge < -0.3 is 24.8 Å². The normalized spacial score (nSPS) is 10.1. The van der Waals surface area contributed by atoms with Crippen LogP contribution < -0.4 is 24.8 Å². The van der Waals surface area contributed by atoms with E-state index in [0.717, 1.165) is 8.95 Å². The summed E-state index contributed by atoms with van der Waals surface area (Å²) >= 11 is 8.69. The van der Waals surface area contributed by atoms with Gasteiger partial charge in [0.15, 0.2) is 0 Å². The number of nitrogens with zero attached hydrogens (tertiary/aromatic N) is 2. The van der Waals surface area contributed by atoms with E-state index in [-0.39, 0.29) is 30.2 Å². The van der Waals surface area contributed by atoms with Crippen LogP contribution in [0.5, 0.6) is 0 Å². The summed E-state index contributed by atoms with van der Waals surface area (Å²) in [6.45, 7) is 4.62. The van der Waals surface area contributed by atoms with Crippen molar-refractivity contribution >= 4 is 80.4 Å². The Kier molecular flexibility index (Phi) is 11.6. The molecule has 172 valence electrons. The van der Waals surface area contributed by atoms with Gasteiger partial charge in [-0.3, -0.25) is 9.97 Å². The zero-order valence-electron chi connectivity index (χ0n) is 18.5. The first-order valence-corrected chi connectivity index (χ1v) is 17.9. The largest absolute Gasteiger partial charge is 1.00 e. The van der Waals surface area contributed by atoms with Crippen LogP contribution in [0, 0.1) is 0 Å². The molecule has 0 amide bonds. The molecule has 6 rings (SSSR count). The number of halogens is 4. The molecule has 0 aliphatic rings. The summed E-state index contributed by atoms with van der Waals surface area (Å²) in [4.78, 5) is 8.29. The number of benzene rings is 2. The molecule has 0 N–H and O–H groups in total. The van der Waals surface area contributed by atoms with Crippen molar-refractivity contribution in [3.8, 4) is 0 Å². The van der Waals surface area contributed by atoms with Gasteiger partial charge in [-0.15, -0.1) is 68.7 Å². The van der Waals surface area contributed by atoms with E-state index in [4.69, 9.17) is 0 Å². The fourth-order valence-electron chi connectivity index (χ4n) is 3.64. The molecular formula is C26H20Br2Cl2N2SiZr-2. The first-order chi connectivity index (χ1) is 15.4. The van der Waals surface area contributed by atoms with Crippen molar-refractivity contribution in [1.29, 1.82) is 0 Å². The number of hydrogen-bond acceptors (Lipinski definition) is 2. The average Bonchev–Trinajstić information content (AvgIpc) is 3.30. The number of fused-ring (bicyclic) bond motifs is 6. The van der Waals surface area contributed by atoms with Gasteiger partial charge in [0.25, 0.3) is 0 Å². The van der Waals surface area contributed by atoms with Crippen LogP contribution in [0.25, 0.3) is 43.1 Å². The molecule has 0 aliphatic carbocycles. The smallest absolute Gasteiger partial charge is 1.00 e. The maximum Gasteiger partial charge on any atom is -1.00 e. The Morgan fingerprint density at radius 2 is 1.03 bits per heavy atom. The number of aromatic nitrogens is 2. The molecule has 2 aromatic heterocycles. The summed E-state index contributed by atoms with van der Waals surface area (Å²) in [6.07, 6.45) is 7.50. The van der Waals surface area contributed by atoms with Crippen LogP contribution in [0.3, 0.4) is 0 Å². The molecule has 8 heteroatoms. The van der Waals surface area contributed by atoms with E-state index < -0.39 is 0 Å². The zero-order valence-corrected chi connectivity index (χ0v) is 26.6. The van der Waals surface area contributed by atoms with E-state index in [9.17, 15) is 0 Å². The quantitative estimate of drug-likeness (QED) is 0.179. The van der Waals surface area contributed by atoms with Crippen molar-refractivity contribution in [2.75, 3.05) is 0 Å². The molecule has 0 aliphatic heterocycles. The van der Waals surface area contributed by atoms with E-state index in [1.165, 1.54) is 43.1 Å². The molecular weight excluding hydrogens is 690 g/mol. The van der Waals surface area contributed by atoms with Gasteiger partial charge in [-0.2, -0.15) is 0 Å². The molecule has 0 atom stereocenters. The third kappa shape index (κ3) is 7.09. The van der Waals surface area contributed by atoms with Gasteiger partial charge in [-0.05, 0) is 33.7 Å². The predicted octanol–water partition coefficient (Wildman–Crippen LogP) is 2.53. The molecule has 0 saturated carbocycles. The Balaban J connectivity index is 0.000000198. The SMILES string of the molecule is Brc1ccc2c(c1)[cH-]c1ccncc12.Brc1ccc2c(c1)[cH-]c1ccncc12.C[Si](C)=[Zr+2].[Cl-].[Cl-]. The molecule has 34 heavy (non-hydrogen) atoms. The van der Waals surface area contributed by atoms with Gasteiger partial charge in [0.2, 0.25) is 0 Å². The number of rotatable bonds is 0. The Morgan fingerprint density at radius 1 is 0.647 bits per heavy atom. The average molecular weight is 710 g/mol. The Morgan fingerprint density at radius 3 is 1.41 bits per heavy atom. The van der Waals surface area contributed by atoms with Crippen LogP contribution in [0.4, 0.5) is 0 Å². The molecule has 2 nitrogen and oxygen atoms in total. The predicted molar refractivity (Wildman–Crippen MR) is 143 cm³/mol. The van der Waals surface area contributed by atoms with Crippen molar-refractivity contribution in [3.63, 3.8) is 0 Å². The Bertz CT molecular complexity index is 1450. The third-order valence-corrected chi connectivity index (χ3v) is 5.93. The van der Waals surface area contributed by atoms with Gasteiger partial charge >= 0.3 is 41.9 Å². The van der Waals surface area contributed by atoms with E-state index in [2.05, 4.69) is 103 Å². The van der Waals surface area contributed by atoms with Crippen LogP contribution in [0.2, 0.25) is 13.1 Å². The topological polar surface area (TPSA) is 25.8 Å². The third-order valence-electron chi connectivity index (χ3n) is 4.94. The van der Waals surface area contributed by atoms with Crippen molar-refractivity contribution < 1.29 is 48.1 Å². The van der Waals surface area contributed by atoms with E-state index >= 15 is 0 Å². The minimum Gasteiger partial charge on any atom is -1.00 e. The van der Waals surface area contributed by atoms with Crippen molar-refractivity contribution in [1.82, 2.24) is 9.97 Å². The molecule has 0 spiro atoms. The summed E-state index contributed by atoms with van der Waals surface area (Å²) in [6, 6.07) is 21.1. The molecule has 2 heterocycles. The maximum absolute atomic E-state index is 4.15. The van der Waals surface area contributed by atoms with Crippen LogP contribution >= 0.6 is 31.9 Å². The van der Waals surface area contributed by atoms with Crippen LogP contribution in [-0.4, -0.2) is 15.4 Å². The van der Waals surface area contributed by atoms with Crippen molar-refractivity contribution in [2.24, 2.45) is 0 Å². The van der Waals surface area contributed by atoms with E-state index in [1.807, 2.05) is 36.9 Å². The molecule has 0 bridgehead atoms. The van der Waals surface area contributed by atoms with Gasteiger partial charge in [0.1, 0.15) is 0 Å². The summed E-state index contributed by atoms with van der Waals surface area (Å²) in [5, 5.41) is 10.1.